The van der Waals surface area contributed by atoms with Gasteiger partial charge in [-0.3, -0.25) is 5.01 Å². The third-order valence-corrected chi connectivity index (χ3v) is 3.32. The van der Waals surface area contributed by atoms with Gasteiger partial charge in [0.15, 0.2) is 0 Å². The van der Waals surface area contributed by atoms with Crippen LogP contribution in [0.2, 0.25) is 0 Å². The van der Waals surface area contributed by atoms with Crippen LogP contribution in [0.15, 0.2) is 60.7 Å². The van der Waals surface area contributed by atoms with Gasteiger partial charge in [0.1, 0.15) is 0 Å². The lowest BCUT2D eigenvalue weighted by Gasteiger charge is -2.31. The molecule has 0 atom stereocenters. The highest BCUT2D eigenvalue weighted by Crippen LogP contribution is 2.10. The topological polar surface area (TPSA) is 35.6 Å². The van der Waals surface area contributed by atoms with Gasteiger partial charge in [0.05, 0.1) is 0 Å². The number of para-hydroxylation sites is 1. The first-order valence-electron chi connectivity index (χ1n) is 7.09. The molecular formula is C17H21N3O. The monoisotopic (exact) mass is 283 g/mol. The van der Waals surface area contributed by atoms with Crippen LogP contribution in [0.3, 0.4) is 0 Å². The molecule has 0 radical (unpaired) electrons. The summed E-state index contributed by atoms with van der Waals surface area (Å²) in [5.41, 5.74) is 1.98. The molecule has 0 aromatic heterocycles. The fourth-order valence-corrected chi connectivity index (χ4v) is 2.08. The van der Waals surface area contributed by atoms with Crippen molar-refractivity contribution in [3.8, 4) is 0 Å². The summed E-state index contributed by atoms with van der Waals surface area (Å²) >= 11 is 0. The fraction of sp³-hybridized carbons (Fsp3) is 0.235. The molecule has 2 amide bonds. The zero-order chi connectivity index (χ0) is 15.1. The predicted octanol–water partition coefficient (Wildman–Crippen LogP) is 3.59. The molecule has 0 spiro atoms. The maximum atomic E-state index is 12.3. The van der Waals surface area contributed by atoms with Gasteiger partial charge in [-0.05, 0) is 17.7 Å². The summed E-state index contributed by atoms with van der Waals surface area (Å²) in [6, 6.07) is 19.5. The molecule has 4 nitrogen and oxygen atoms in total. The Balaban J connectivity index is 1.99. The first-order valence-corrected chi connectivity index (χ1v) is 7.09. The zero-order valence-corrected chi connectivity index (χ0v) is 12.5. The molecule has 0 saturated carbocycles. The summed E-state index contributed by atoms with van der Waals surface area (Å²) in [5, 5.41) is 6.51. The highest BCUT2D eigenvalue weighted by atomic mass is 16.2. The van der Waals surface area contributed by atoms with Crippen molar-refractivity contribution in [1.82, 2.24) is 10.0 Å². The van der Waals surface area contributed by atoms with E-state index in [9.17, 15) is 4.79 Å². The van der Waals surface area contributed by atoms with Gasteiger partial charge in [0.2, 0.25) is 0 Å². The van der Waals surface area contributed by atoms with Crippen LogP contribution in [-0.2, 0) is 6.54 Å². The summed E-state index contributed by atoms with van der Waals surface area (Å²) in [7, 11) is 1.78. The van der Waals surface area contributed by atoms with Crippen LogP contribution in [0.4, 0.5) is 10.5 Å². The molecule has 0 aliphatic rings. The van der Waals surface area contributed by atoms with E-state index in [0.717, 1.165) is 12.2 Å². The summed E-state index contributed by atoms with van der Waals surface area (Å²) in [6.07, 6.45) is 0. The number of urea groups is 1. The standard InChI is InChI=1S/C17H21N3O/c1-3-20(14-15-10-6-4-7-11-15)19(2)17(21)18-16-12-8-5-9-13-16/h4-13H,3,14H2,1-2H3,(H,18,21). The Morgan fingerprint density at radius 2 is 1.57 bits per heavy atom. The van der Waals surface area contributed by atoms with Crippen molar-refractivity contribution < 1.29 is 4.79 Å². The SMILES string of the molecule is CCN(Cc1ccccc1)N(C)C(=O)Nc1ccccc1. The normalized spacial score (nSPS) is 10.4. The fourth-order valence-electron chi connectivity index (χ4n) is 2.08. The van der Waals surface area contributed by atoms with E-state index in [1.165, 1.54) is 5.56 Å². The molecule has 4 heteroatoms. The molecule has 21 heavy (non-hydrogen) atoms. The van der Waals surface area contributed by atoms with Gasteiger partial charge in [-0.1, -0.05) is 55.5 Å². The highest BCUT2D eigenvalue weighted by molar-refractivity contribution is 5.88. The Morgan fingerprint density at radius 3 is 2.14 bits per heavy atom. The van der Waals surface area contributed by atoms with Gasteiger partial charge in [-0.15, -0.1) is 0 Å². The van der Waals surface area contributed by atoms with Gasteiger partial charge in [-0.25, -0.2) is 9.80 Å². The van der Waals surface area contributed by atoms with Crippen molar-refractivity contribution in [2.75, 3.05) is 18.9 Å². The van der Waals surface area contributed by atoms with Crippen molar-refractivity contribution >= 4 is 11.7 Å². The summed E-state index contributed by atoms with van der Waals surface area (Å²) in [4.78, 5) is 12.3. The van der Waals surface area contributed by atoms with Crippen LogP contribution >= 0.6 is 0 Å². The number of benzene rings is 2. The Bertz CT molecular complexity index is 557. The number of carbonyl (C=O) groups is 1. The molecule has 0 fully saturated rings. The number of carbonyl (C=O) groups excluding carboxylic acids is 1. The maximum Gasteiger partial charge on any atom is 0.336 e. The predicted molar refractivity (Wildman–Crippen MR) is 85.7 cm³/mol. The number of rotatable bonds is 5. The third kappa shape index (κ3) is 4.33. The zero-order valence-electron chi connectivity index (χ0n) is 12.5. The van der Waals surface area contributed by atoms with E-state index in [1.807, 2.05) is 60.5 Å². The number of nitrogens with zero attached hydrogens (tertiary/aromatic N) is 2. The number of hydrogen-bond acceptors (Lipinski definition) is 2. The minimum atomic E-state index is -0.140. The van der Waals surface area contributed by atoms with Crippen LogP contribution in [0.25, 0.3) is 0 Å². The second-order valence-corrected chi connectivity index (χ2v) is 4.79. The molecule has 0 heterocycles. The van der Waals surface area contributed by atoms with Crippen molar-refractivity contribution in [2.45, 2.75) is 13.5 Å². The van der Waals surface area contributed by atoms with Gasteiger partial charge in [-0.2, -0.15) is 0 Å². The van der Waals surface area contributed by atoms with E-state index < -0.39 is 0 Å². The van der Waals surface area contributed by atoms with Crippen LogP contribution in [0.5, 0.6) is 0 Å². The molecule has 0 aliphatic carbocycles. The van der Waals surface area contributed by atoms with E-state index >= 15 is 0 Å². The first-order chi connectivity index (χ1) is 10.2. The average Bonchev–Trinajstić information content (AvgIpc) is 2.54. The quantitative estimate of drug-likeness (QED) is 0.851. The van der Waals surface area contributed by atoms with E-state index in [-0.39, 0.29) is 6.03 Å². The molecule has 0 unspecified atom stereocenters. The van der Waals surface area contributed by atoms with E-state index in [1.54, 1.807) is 12.1 Å². The lowest BCUT2D eigenvalue weighted by atomic mass is 10.2. The summed E-state index contributed by atoms with van der Waals surface area (Å²) in [6.45, 7) is 3.50. The lowest BCUT2D eigenvalue weighted by molar-refractivity contribution is 0.0396. The van der Waals surface area contributed by atoms with Crippen molar-refractivity contribution in [1.29, 1.82) is 0 Å². The molecule has 2 rings (SSSR count). The molecule has 1 N–H and O–H groups in total. The minimum Gasteiger partial charge on any atom is -0.307 e. The number of hydrazine groups is 1. The Kier molecular flexibility index (Phi) is 5.35. The van der Waals surface area contributed by atoms with Crippen LogP contribution < -0.4 is 5.32 Å². The number of hydrogen-bond donors (Lipinski definition) is 1. The van der Waals surface area contributed by atoms with Crippen LogP contribution in [0, 0.1) is 0 Å². The molecule has 0 saturated heterocycles. The second kappa shape index (κ2) is 7.45. The van der Waals surface area contributed by atoms with Gasteiger partial charge >= 0.3 is 6.03 Å². The molecule has 110 valence electrons. The molecule has 0 aliphatic heterocycles. The second-order valence-electron chi connectivity index (χ2n) is 4.79. The average molecular weight is 283 g/mol. The molecular weight excluding hydrogens is 262 g/mol. The smallest absolute Gasteiger partial charge is 0.307 e. The molecule has 2 aromatic rings. The minimum absolute atomic E-state index is 0.140. The largest absolute Gasteiger partial charge is 0.336 e. The van der Waals surface area contributed by atoms with Crippen molar-refractivity contribution in [3.05, 3.63) is 66.2 Å². The van der Waals surface area contributed by atoms with Crippen molar-refractivity contribution in [2.24, 2.45) is 0 Å². The van der Waals surface area contributed by atoms with E-state index in [2.05, 4.69) is 17.4 Å². The molecule has 0 bridgehead atoms. The summed E-state index contributed by atoms with van der Waals surface area (Å²) < 4.78 is 0. The van der Waals surface area contributed by atoms with Crippen molar-refractivity contribution in [3.63, 3.8) is 0 Å². The maximum absolute atomic E-state index is 12.3. The third-order valence-electron chi connectivity index (χ3n) is 3.32. The van der Waals surface area contributed by atoms with Crippen LogP contribution in [0.1, 0.15) is 12.5 Å². The van der Waals surface area contributed by atoms with Gasteiger partial charge in [0, 0.05) is 25.8 Å². The lowest BCUT2D eigenvalue weighted by Crippen LogP contribution is -2.45. The highest BCUT2D eigenvalue weighted by Gasteiger charge is 2.16. The summed E-state index contributed by atoms with van der Waals surface area (Å²) in [5.74, 6) is 0. The van der Waals surface area contributed by atoms with Crippen LogP contribution in [-0.4, -0.2) is 29.6 Å². The number of amides is 2. The first kappa shape index (κ1) is 15.1. The molecule has 2 aromatic carbocycles. The Labute approximate surface area is 126 Å². The van der Waals surface area contributed by atoms with E-state index in [0.29, 0.717) is 6.54 Å². The van der Waals surface area contributed by atoms with Gasteiger partial charge in [0.25, 0.3) is 0 Å². The Morgan fingerprint density at radius 1 is 1.00 bits per heavy atom. The number of nitrogens with one attached hydrogen (secondary N) is 1. The van der Waals surface area contributed by atoms with E-state index in [4.69, 9.17) is 0 Å². The number of anilines is 1. The Hall–Kier alpha value is -2.33. The van der Waals surface area contributed by atoms with Gasteiger partial charge < -0.3 is 5.32 Å².